The van der Waals surface area contributed by atoms with Gasteiger partial charge in [0.15, 0.2) is 5.69 Å². The molecular formula is C19H21N5O. The summed E-state index contributed by atoms with van der Waals surface area (Å²) in [5.41, 5.74) is 2.52. The van der Waals surface area contributed by atoms with Crippen LogP contribution in [0.4, 0.5) is 5.82 Å². The summed E-state index contributed by atoms with van der Waals surface area (Å²) in [4.78, 5) is 21.4. The van der Waals surface area contributed by atoms with Crippen molar-refractivity contribution in [1.82, 2.24) is 20.1 Å². The Morgan fingerprint density at radius 2 is 2.12 bits per heavy atom. The number of amides is 1. The maximum atomic E-state index is 13.1. The van der Waals surface area contributed by atoms with Gasteiger partial charge >= 0.3 is 0 Å². The standard InChI is InChI=1S/C19H21N5O/c1-23(2)17-12-13(9-10-20-17)16-8-5-11-24(16)19(25)18-14-6-3-4-7-15(14)21-22-18/h3-4,6-7,9-10,12,16H,5,8,11H2,1-2H3,(H,21,22)/t16-/m0/s1. The second-order valence-electron chi connectivity index (χ2n) is 6.62. The van der Waals surface area contributed by atoms with Gasteiger partial charge < -0.3 is 9.80 Å². The van der Waals surface area contributed by atoms with Crippen molar-refractivity contribution in [1.29, 1.82) is 0 Å². The molecule has 0 spiro atoms. The van der Waals surface area contributed by atoms with Crippen LogP contribution in [0.15, 0.2) is 42.6 Å². The van der Waals surface area contributed by atoms with Gasteiger partial charge in [-0.05, 0) is 36.6 Å². The number of likely N-dealkylation sites (tertiary alicyclic amines) is 1. The molecule has 0 unspecified atom stereocenters. The van der Waals surface area contributed by atoms with E-state index in [1.807, 2.05) is 60.4 Å². The molecule has 3 aromatic rings. The van der Waals surface area contributed by atoms with Crippen LogP contribution in [0.5, 0.6) is 0 Å². The zero-order chi connectivity index (χ0) is 17.4. The van der Waals surface area contributed by atoms with Crippen molar-refractivity contribution in [2.45, 2.75) is 18.9 Å². The fraction of sp³-hybridized carbons (Fsp3) is 0.316. The number of fused-ring (bicyclic) bond motifs is 1. The monoisotopic (exact) mass is 335 g/mol. The minimum atomic E-state index is -0.0110. The summed E-state index contributed by atoms with van der Waals surface area (Å²) in [6, 6.07) is 11.9. The Balaban J connectivity index is 1.67. The van der Waals surface area contributed by atoms with E-state index in [-0.39, 0.29) is 11.9 Å². The number of carbonyl (C=O) groups excluding carboxylic acids is 1. The molecule has 0 radical (unpaired) electrons. The van der Waals surface area contributed by atoms with Crippen molar-refractivity contribution in [3.8, 4) is 0 Å². The van der Waals surface area contributed by atoms with Crippen LogP contribution in [0.2, 0.25) is 0 Å². The molecule has 1 aromatic carbocycles. The Bertz CT molecular complexity index is 917. The van der Waals surface area contributed by atoms with E-state index in [9.17, 15) is 4.79 Å². The number of aromatic nitrogens is 3. The zero-order valence-corrected chi connectivity index (χ0v) is 14.4. The quantitative estimate of drug-likeness (QED) is 0.799. The maximum Gasteiger partial charge on any atom is 0.275 e. The summed E-state index contributed by atoms with van der Waals surface area (Å²) in [6.07, 6.45) is 3.78. The second kappa shape index (κ2) is 6.20. The van der Waals surface area contributed by atoms with Gasteiger partial charge in [0, 0.05) is 32.2 Å². The second-order valence-corrected chi connectivity index (χ2v) is 6.62. The number of nitrogens with zero attached hydrogens (tertiary/aromatic N) is 4. The van der Waals surface area contributed by atoms with Crippen LogP contribution in [-0.4, -0.2) is 46.6 Å². The van der Waals surface area contributed by atoms with E-state index in [0.29, 0.717) is 5.69 Å². The number of nitrogens with one attached hydrogen (secondary N) is 1. The maximum absolute atomic E-state index is 13.1. The number of hydrogen-bond acceptors (Lipinski definition) is 4. The van der Waals surface area contributed by atoms with Crippen LogP contribution < -0.4 is 4.90 Å². The number of pyridine rings is 1. The fourth-order valence-corrected chi connectivity index (χ4v) is 3.50. The Hall–Kier alpha value is -2.89. The highest BCUT2D eigenvalue weighted by Crippen LogP contribution is 2.34. The number of benzene rings is 1. The molecule has 6 heteroatoms. The molecule has 128 valence electrons. The highest BCUT2D eigenvalue weighted by Gasteiger charge is 2.32. The molecule has 1 atom stereocenters. The number of carbonyl (C=O) groups is 1. The summed E-state index contributed by atoms with van der Waals surface area (Å²) in [6.45, 7) is 0.754. The van der Waals surface area contributed by atoms with Crippen LogP contribution in [0.1, 0.15) is 34.9 Å². The first kappa shape index (κ1) is 15.6. The lowest BCUT2D eigenvalue weighted by molar-refractivity contribution is 0.0731. The summed E-state index contributed by atoms with van der Waals surface area (Å²) in [5.74, 6) is 0.894. The molecule has 0 bridgehead atoms. The van der Waals surface area contributed by atoms with Gasteiger partial charge in [-0.25, -0.2) is 4.98 Å². The lowest BCUT2D eigenvalue weighted by atomic mass is 10.1. The van der Waals surface area contributed by atoms with Gasteiger partial charge in [0.05, 0.1) is 11.6 Å². The van der Waals surface area contributed by atoms with Crippen molar-refractivity contribution in [2.75, 3.05) is 25.5 Å². The third-order valence-corrected chi connectivity index (χ3v) is 4.80. The van der Waals surface area contributed by atoms with E-state index in [0.717, 1.165) is 41.7 Å². The van der Waals surface area contributed by atoms with Gasteiger partial charge in [-0.2, -0.15) is 5.10 Å². The largest absolute Gasteiger partial charge is 0.363 e. The number of H-pyrrole nitrogens is 1. The summed E-state index contributed by atoms with van der Waals surface area (Å²) >= 11 is 0. The van der Waals surface area contributed by atoms with Crippen molar-refractivity contribution in [3.05, 3.63) is 53.9 Å². The van der Waals surface area contributed by atoms with Crippen LogP contribution in [-0.2, 0) is 0 Å². The molecule has 1 aliphatic heterocycles. The lowest BCUT2D eigenvalue weighted by Gasteiger charge is -2.25. The van der Waals surface area contributed by atoms with E-state index < -0.39 is 0 Å². The molecule has 6 nitrogen and oxygen atoms in total. The van der Waals surface area contributed by atoms with Crippen LogP contribution in [0.25, 0.3) is 10.9 Å². The smallest absolute Gasteiger partial charge is 0.275 e. The number of anilines is 1. The Morgan fingerprint density at radius 3 is 2.96 bits per heavy atom. The molecular weight excluding hydrogens is 314 g/mol. The Labute approximate surface area is 146 Å². The average molecular weight is 335 g/mol. The highest BCUT2D eigenvalue weighted by molar-refractivity contribution is 6.04. The highest BCUT2D eigenvalue weighted by atomic mass is 16.2. The lowest BCUT2D eigenvalue weighted by Crippen LogP contribution is -2.31. The third-order valence-electron chi connectivity index (χ3n) is 4.80. The van der Waals surface area contributed by atoms with Gasteiger partial charge in [0.1, 0.15) is 5.82 Å². The van der Waals surface area contributed by atoms with Crippen LogP contribution in [0, 0.1) is 0 Å². The molecule has 1 aliphatic rings. The van der Waals surface area contributed by atoms with Crippen LogP contribution in [0.3, 0.4) is 0 Å². The first-order valence-electron chi connectivity index (χ1n) is 8.52. The molecule has 1 amide bonds. The third kappa shape index (κ3) is 2.73. The van der Waals surface area contributed by atoms with Crippen molar-refractivity contribution >= 4 is 22.6 Å². The van der Waals surface area contributed by atoms with Gasteiger partial charge in [0.2, 0.25) is 0 Å². The molecule has 0 saturated carbocycles. The topological polar surface area (TPSA) is 65.1 Å². The fourth-order valence-electron chi connectivity index (χ4n) is 3.50. The number of hydrogen-bond donors (Lipinski definition) is 1. The molecule has 25 heavy (non-hydrogen) atoms. The van der Waals surface area contributed by atoms with Crippen LogP contribution >= 0.6 is 0 Å². The predicted molar refractivity (Wildman–Crippen MR) is 97.7 cm³/mol. The van der Waals surface area contributed by atoms with Gasteiger partial charge in [-0.15, -0.1) is 0 Å². The molecule has 3 heterocycles. The summed E-state index contributed by atoms with van der Waals surface area (Å²) in [7, 11) is 3.94. The minimum absolute atomic E-state index is 0.0110. The van der Waals surface area contributed by atoms with E-state index in [1.165, 1.54) is 0 Å². The van der Waals surface area contributed by atoms with E-state index >= 15 is 0 Å². The van der Waals surface area contributed by atoms with E-state index in [2.05, 4.69) is 21.2 Å². The Morgan fingerprint density at radius 1 is 1.28 bits per heavy atom. The first-order valence-corrected chi connectivity index (χ1v) is 8.52. The molecule has 1 fully saturated rings. The average Bonchev–Trinajstić information content (AvgIpc) is 3.28. The molecule has 0 aliphatic carbocycles. The number of rotatable bonds is 3. The Kier molecular flexibility index (Phi) is 3.87. The van der Waals surface area contributed by atoms with Gasteiger partial charge in [-0.1, -0.05) is 18.2 Å². The van der Waals surface area contributed by atoms with Crippen molar-refractivity contribution in [3.63, 3.8) is 0 Å². The van der Waals surface area contributed by atoms with E-state index in [4.69, 9.17) is 0 Å². The molecule has 2 aromatic heterocycles. The SMILES string of the molecule is CN(C)c1cc([C@@H]2CCCN2C(=O)c2n[nH]c3ccccc23)ccn1. The summed E-state index contributed by atoms with van der Waals surface area (Å²) in [5, 5.41) is 8.11. The van der Waals surface area contributed by atoms with Crippen molar-refractivity contribution < 1.29 is 4.79 Å². The molecule has 1 saturated heterocycles. The van der Waals surface area contributed by atoms with Crippen molar-refractivity contribution in [2.24, 2.45) is 0 Å². The number of para-hydroxylation sites is 1. The molecule has 4 rings (SSSR count). The zero-order valence-electron chi connectivity index (χ0n) is 14.4. The first-order chi connectivity index (χ1) is 12.1. The predicted octanol–water partition coefficient (Wildman–Crippen LogP) is 3.00. The molecule has 1 N–H and O–H groups in total. The normalized spacial score (nSPS) is 17.2. The number of aromatic amines is 1. The van der Waals surface area contributed by atoms with E-state index in [1.54, 1.807) is 0 Å². The van der Waals surface area contributed by atoms with Gasteiger partial charge in [0.25, 0.3) is 5.91 Å². The minimum Gasteiger partial charge on any atom is -0.363 e. The van der Waals surface area contributed by atoms with Gasteiger partial charge in [-0.3, -0.25) is 9.89 Å². The summed E-state index contributed by atoms with van der Waals surface area (Å²) < 4.78 is 0.